The van der Waals surface area contributed by atoms with Gasteiger partial charge in [0.05, 0.1) is 27.4 Å². The minimum atomic E-state index is -4.67. The lowest BCUT2D eigenvalue weighted by Gasteiger charge is -2.26. The van der Waals surface area contributed by atoms with Crippen LogP contribution >= 0.6 is 12.2 Å². The standard InChI is InChI=1S/C17H20F3NO5S/c1-23-10-7-12(16(22)26-4)21(8-10)15(27)9-5-11(17(18,19)20)14(25-3)13(6-9)24-2/h5-6,10,12H,7-8H2,1-4H3/t10-,12?/m1/s1. The molecule has 1 aliphatic rings. The topological polar surface area (TPSA) is 57.2 Å². The third kappa shape index (κ3) is 4.27. The third-order valence-electron chi connectivity index (χ3n) is 4.36. The summed E-state index contributed by atoms with van der Waals surface area (Å²) in [4.78, 5) is 13.6. The summed E-state index contributed by atoms with van der Waals surface area (Å²) in [5.41, 5.74) is -0.931. The Morgan fingerprint density at radius 3 is 2.33 bits per heavy atom. The van der Waals surface area contributed by atoms with E-state index in [0.29, 0.717) is 6.42 Å². The summed E-state index contributed by atoms with van der Waals surface area (Å²) >= 11 is 5.39. The lowest BCUT2D eigenvalue weighted by molar-refractivity contribution is -0.144. The average Bonchev–Trinajstić information content (AvgIpc) is 3.09. The predicted molar refractivity (Wildman–Crippen MR) is 94.2 cm³/mol. The van der Waals surface area contributed by atoms with Crippen LogP contribution in [0.15, 0.2) is 12.1 Å². The van der Waals surface area contributed by atoms with E-state index in [-0.39, 0.29) is 29.0 Å². The van der Waals surface area contributed by atoms with Crippen LogP contribution in [-0.4, -0.2) is 63.0 Å². The van der Waals surface area contributed by atoms with Crippen LogP contribution in [0.2, 0.25) is 0 Å². The molecular weight excluding hydrogens is 387 g/mol. The highest BCUT2D eigenvalue weighted by Gasteiger charge is 2.41. The van der Waals surface area contributed by atoms with Crippen molar-refractivity contribution in [3.05, 3.63) is 23.3 Å². The van der Waals surface area contributed by atoms with Gasteiger partial charge in [-0.05, 0) is 12.1 Å². The predicted octanol–water partition coefficient (Wildman–Crippen LogP) is 2.66. The molecule has 1 saturated heterocycles. The van der Waals surface area contributed by atoms with Crippen LogP contribution in [0.25, 0.3) is 0 Å². The van der Waals surface area contributed by atoms with E-state index in [1.807, 2.05) is 0 Å². The highest BCUT2D eigenvalue weighted by atomic mass is 32.1. The zero-order chi connectivity index (χ0) is 20.4. The number of thiocarbonyl (C=S) groups is 1. The molecule has 1 aliphatic heterocycles. The normalized spacial score (nSPS) is 19.7. The number of likely N-dealkylation sites (tertiary alicyclic amines) is 1. The second-order valence-corrected chi connectivity index (χ2v) is 6.23. The molecule has 1 fully saturated rings. The number of carbonyl (C=O) groups is 1. The van der Waals surface area contributed by atoms with Crippen molar-refractivity contribution in [3.8, 4) is 11.5 Å². The van der Waals surface area contributed by atoms with E-state index in [2.05, 4.69) is 0 Å². The molecule has 0 spiro atoms. The van der Waals surface area contributed by atoms with E-state index < -0.39 is 29.5 Å². The summed E-state index contributed by atoms with van der Waals surface area (Å²) in [6, 6.07) is 1.50. The van der Waals surface area contributed by atoms with Crippen molar-refractivity contribution < 1.29 is 36.9 Å². The number of benzene rings is 1. The molecular formula is C17H20F3NO5S. The summed E-state index contributed by atoms with van der Waals surface area (Å²) in [6.07, 6.45) is -4.65. The van der Waals surface area contributed by atoms with E-state index in [0.717, 1.165) is 13.2 Å². The van der Waals surface area contributed by atoms with Gasteiger partial charge in [-0.3, -0.25) is 0 Å². The average molecular weight is 407 g/mol. The molecule has 0 bridgehead atoms. The fraction of sp³-hybridized carbons (Fsp3) is 0.529. The second kappa shape index (κ2) is 8.30. The van der Waals surface area contributed by atoms with Crippen molar-refractivity contribution >= 4 is 23.2 Å². The first kappa shape index (κ1) is 21.2. The fourth-order valence-corrected chi connectivity index (χ4v) is 3.34. The Labute approximate surface area is 160 Å². The Morgan fingerprint density at radius 1 is 1.19 bits per heavy atom. The number of alkyl halides is 3. The van der Waals surface area contributed by atoms with Gasteiger partial charge in [0.1, 0.15) is 16.6 Å². The summed E-state index contributed by atoms with van der Waals surface area (Å²) < 4.78 is 60.4. The van der Waals surface area contributed by atoms with E-state index in [1.165, 1.54) is 32.3 Å². The SMILES string of the molecule is COC(=O)C1C[C@@H](OC)CN1C(=S)c1cc(OC)c(OC)c(C(F)(F)F)c1. The number of esters is 1. The smallest absolute Gasteiger partial charge is 0.420 e. The molecule has 0 aromatic heterocycles. The van der Waals surface area contributed by atoms with Crippen LogP contribution in [0.5, 0.6) is 11.5 Å². The lowest BCUT2D eigenvalue weighted by Crippen LogP contribution is -2.40. The van der Waals surface area contributed by atoms with E-state index in [1.54, 1.807) is 0 Å². The molecule has 1 aromatic carbocycles. The van der Waals surface area contributed by atoms with Gasteiger partial charge < -0.3 is 23.8 Å². The number of carbonyl (C=O) groups excluding carboxylic acids is 1. The van der Waals surface area contributed by atoms with Crippen LogP contribution in [0, 0.1) is 0 Å². The monoisotopic (exact) mass is 407 g/mol. The molecule has 0 saturated carbocycles. The Kier molecular flexibility index (Phi) is 6.53. The van der Waals surface area contributed by atoms with Crippen LogP contribution < -0.4 is 9.47 Å². The molecule has 1 unspecified atom stereocenters. The Hall–Kier alpha value is -2.07. The van der Waals surface area contributed by atoms with Crippen molar-refractivity contribution in [3.63, 3.8) is 0 Å². The minimum absolute atomic E-state index is 0.0661. The minimum Gasteiger partial charge on any atom is -0.493 e. The third-order valence-corrected chi connectivity index (χ3v) is 4.83. The maximum absolute atomic E-state index is 13.5. The van der Waals surface area contributed by atoms with Crippen molar-refractivity contribution in [2.24, 2.45) is 0 Å². The second-order valence-electron chi connectivity index (χ2n) is 5.85. The zero-order valence-corrected chi connectivity index (χ0v) is 16.1. The van der Waals surface area contributed by atoms with E-state index in [9.17, 15) is 18.0 Å². The quantitative estimate of drug-likeness (QED) is 0.549. The maximum atomic E-state index is 13.5. The molecule has 0 aliphatic carbocycles. The number of rotatable bonds is 5. The Bertz CT molecular complexity index is 725. The molecule has 6 nitrogen and oxygen atoms in total. The molecule has 0 N–H and O–H groups in total. The van der Waals surface area contributed by atoms with Gasteiger partial charge >= 0.3 is 12.1 Å². The van der Waals surface area contributed by atoms with E-state index in [4.69, 9.17) is 31.2 Å². The fourth-order valence-electron chi connectivity index (χ4n) is 3.02. The number of methoxy groups -OCH3 is 4. The van der Waals surface area contributed by atoms with Gasteiger partial charge in [-0.25, -0.2) is 4.79 Å². The van der Waals surface area contributed by atoms with Crippen molar-refractivity contribution in [1.29, 1.82) is 0 Å². The summed E-state index contributed by atoms with van der Waals surface area (Å²) in [5, 5.41) is 0. The number of hydrogen-bond donors (Lipinski definition) is 0. The summed E-state index contributed by atoms with van der Waals surface area (Å²) in [7, 11) is 5.09. The van der Waals surface area contributed by atoms with Crippen molar-refractivity contribution in [2.45, 2.75) is 24.7 Å². The number of halogens is 3. The molecule has 150 valence electrons. The van der Waals surface area contributed by atoms with Crippen LogP contribution in [0.4, 0.5) is 13.2 Å². The Morgan fingerprint density at radius 2 is 1.85 bits per heavy atom. The highest BCUT2D eigenvalue weighted by molar-refractivity contribution is 7.80. The first-order valence-electron chi connectivity index (χ1n) is 7.92. The molecule has 0 amide bonds. The molecule has 1 aromatic rings. The molecule has 10 heteroatoms. The van der Waals surface area contributed by atoms with Gasteiger partial charge in [-0.15, -0.1) is 0 Å². The number of ether oxygens (including phenoxy) is 4. The lowest BCUT2D eigenvalue weighted by atomic mass is 10.1. The van der Waals surface area contributed by atoms with Crippen LogP contribution in [0.1, 0.15) is 17.5 Å². The van der Waals surface area contributed by atoms with Gasteiger partial charge in [0.15, 0.2) is 11.5 Å². The van der Waals surface area contributed by atoms with Gasteiger partial charge in [-0.2, -0.15) is 13.2 Å². The molecule has 2 atom stereocenters. The highest BCUT2D eigenvalue weighted by Crippen LogP contribution is 2.43. The molecule has 27 heavy (non-hydrogen) atoms. The molecule has 2 rings (SSSR count). The Balaban J connectivity index is 2.50. The molecule has 0 radical (unpaired) electrons. The summed E-state index contributed by atoms with van der Waals surface area (Å²) in [6.45, 7) is 0.255. The van der Waals surface area contributed by atoms with Crippen molar-refractivity contribution in [1.82, 2.24) is 4.90 Å². The number of hydrogen-bond acceptors (Lipinski definition) is 6. The zero-order valence-electron chi connectivity index (χ0n) is 15.3. The number of nitrogens with zero attached hydrogens (tertiary/aromatic N) is 1. The van der Waals surface area contributed by atoms with Crippen LogP contribution in [-0.2, 0) is 20.4 Å². The first-order chi connectivity index (χ1) is 12.7. The van der Waals surface area contributed by atoms with Gasteiger partial charge in [0.2, 0.25) is 0 Å². The van der Waals surface area contributed by atoms with Gasteiger partial charge in [0, 0.05) is 25.6 Å². The molecule has 1 heterocycles. The largest absolute Gasteiger partial charge is 0.493 e. The maximum Gasteiger partial charge on any atom is 0.420 e. The van der Waals surface area contributed by atoms with E-state index >= 15 is 0 Å². The first-order valence-corrected chi connectivity index (χ1v) is 8.33. The van der Waals surface area contributed by atoms with Gasteiger partial charge in [0.25, 0.3) is 0 Å². The van der Waals surface area contributed by atoms with Crippen LogP contribution in [0.3, 0.4) is 0 Å². The summed E-state index contributed by atoms with van der Waals surface area (Å²) in [5.74, 6) is -1.08. The van der Waals surface area contributed by atoms with Crippen molar-refractivity contribution in [2.75, 3.05) is 35.0 Å². The van der Waals surface area contributed by atoms with Gasteiger partial charge in [-0.1, -0.05) is 12.2 Å².